The molecule has 1 rings (SSSR count). The first-order chi connectivity index (χ1) is 6.02. The Bertz CT molecular complexity index is 338. The van der Waals surface area contributed by atoms with Gasteiger partial charge in [-0.25, -0.2) is 0 Å². The van der Waals surface area contributed by atoms with Crippen molar-refractivity contribution in [3.8, 4) is 0 Å². The highest BCUT2D eigenvalue weighted by atomic mass is 127. The number of nitrogens with zero attached hydrogens (tertiary/aromatic N) is 1. The lowest BCUT2D eigenvalue weighted by atomic mass is 10.2. The van der Waals surface area contributed by atoms with Gasteiger partial charge in [0.05, 0.1) is 5.02 Å². The molecule has 0 aromatic heterocycles. The SMILES string of the molecule is CN(C)C(=O)c1ccc(I)c(Cl)c1. The van der Waals surface area contributed by atoms with E-state index in [1.54, 1.807) is 26.2 Å². The van der Waals surface area contributed by atoms with E-state index in [4.69, 9.17) is 11.6 Å². The molecule has 0 N–H and O–H groups in total. The maximum absolute atomic E-state index is 11.5. The standard InChI is InChI=1S/C9H9ClINO/c1-12(2)9(13)6-3-4-8(11)7(10)5-6/h3-5H,1-2H3. The number of rotatable bonds is 1. The second kappa shape index (κ2) is 4.28. The van der Waals surface area contributed by atoms with E-state index in [0.29, 0.717) is 10.6 Å². The first kappa shape index (κ1) is 10.8. The molecule has 0 unspecified atom stereocenters. The summed E-state index contributed by atoms with van der Waals surface area (Å²) in [7, 11) is 3.43. The summed E-state index contributed by atoms with van der Waals surface area (Å²) in [6.07, 6.45) is 0. The topological polar surface area (TPSA) is 20.3 Å². The zero-order chi connectivity index (χ0) is 10.0. The van der Waals surface area contributed by atoms with Gasteiger partial charge in [-0.1, -0.05) is 11.6 Å². The smallest absolute Gasteiger partial charge is 0.253 e. The summed E-state index contributed by atoms with van der Waals surface area (Å²) in [6.45, 7) is 0. The van der Waals surface area contributed by atoms with Crippen molar-refractivity contribution in [1.82, 2.24) is 4.90 Å². The van der Waals surface area contributed by atoms with Gasteiger partial charge in [0, 0.05) is 23.2 Å². The summed E-state index contributed by atoms with van der Waals surface area (Å²) >= 11 is 8.01. The van der Waals surface area contributed by atoms with Crippen LogP contribution in [0.25, 0.3) is 0 Å². The number of carbonyl (C=O) groups excluding carboxylic acids is 1. The van der Waals surface area contributed by atoms with Gasteiger partial charge < -0.3 is 4.90 Å². The third-order valence-electron chi connectivity index (χ3n) is 1.57. The van der Waals surface area contributed by atoms with Crippen LogP contribution in [-0.4, -0.2) is 24.9 Å². The maximum atomic E-state index is 11.5. The van der Waals surface area contributed by atoms with Crippen LogP contribution >= 0.6 is 34.2 Å². The summed E-state index contributed by atoms with van der Waals surface area (Å²) in [5.41, 5.74) is 0.621. The third-order valence-corrected chi connectivity index (χ3v) is 3.14. The molecule has 1 aromatic carbocycles. The lowest BCUT2D eigenvalue weighted by Crippen LogP contribution is -2.21. The molecule has 0 spiro atoms. The van der Waals surface area contributed by atoms with E-state index >= 15 is 0 Å². The number of halogens is 2. The maximum Gasteiger partial charge on any atom is 0.253 e. The van der Waals surface area contributed by atoms with E-state index in [9.17, 15) is 4.79 Å². The van der Waals surface area contributed by atoms with Crippen LogP contribution in [0.1, 0.15) is 10.4 Å². The Morgan fingerprint density at radius 3 is 2.54 bits per heavy atom. The number of benzene rings is 1. The van der Waals surface area contributed by atoms with Crippen molar-refractivity contribution in [2.75, 3.05) is 14.1 Å². The van der Waals surface area contributed by atoms with E-state index in [2.05, 4.69) is 22.6 Å². The molecule has 0 fully saturated rings. The Balaban J connectivity index is 3.04. The summed E-state index contributed by atoms with van der Waals surface area (Å²) in [5.74, 6) is -0.0294. The monoisotopic (exact) mass is 309 g/mol. The fraction of sp³-hybridized carbons (Fsp3) is 0.222. The van der Waals surface area contributed by atoms with Gasteiger partial charge in [-0.2, -0.15) is 0 Å². The van der Waals surface area contributed by atoms with Crippen LogP contribution in [0.2, 0.25) is 5.02 Å². The second-order valence-electron chi connectivity index (χ2n) is 2.83. The van der Waals surface area contributed by atoms with Crippen LogP contribution in [0.3, 0.4) is 0 Å². The molecule has 2 nitrogen and oxygen atoms in total. The van der Waals surface area contributed by atoms with Gasteiger partial charge in [0.15, 0.2) is 0 Å². The van der Waals surface area contributed by atoms with Gasteiger partial charge in [-0.3, -0.25) is 4.79 Å². The molecule has 4 heteroatoms. The predicted molar refractivity (Wildman–Crippen MR) is 62.2 cm³/mol. The summed E-state index contributed by atoms with van der Waals surface area (Å²) < 4.78 is 0.953. The van der Waals surface area contributed by atoms with E-state index in [-0.39, 0.29) is 5.91 Å². The van der Waals surface area contributed by atoms with Crippen molar-refractivity contribution in [1.29, 1.82) is 0 Å². The minimum atomic E-state index is -0.0294. The van der Waals surface area contributed by atoms with Gasteiger partial charge in [0.25, 0.3) is 5.91 Å². The molecule has 0 radical (unpaired) electrons. The fourth-order valence-corrected chi connectivity index (χ4v) is 1.40. The molecule has 1 aromatic rings. The Morgan fingerprint density at radius 2 is 2.08 bits per heavy atom. The first-order valence-corrected chi connectivity index (χ1v) is 5.14. The fourth-order valence-electron chi connectivity index (χ4n) is 0.887. The highest BCUT2D eigenvalue weighted by Gasteiger charge is 2.08. The number of amides is 1. The van der Waals surface area contributed by atoms with Gasteiger partial charge in [0.1, 0.15) is 0 Å². The highest BCUT2D eigenvalue weighted by Crippen LogP contribution is 2.19. The summed E-state index contributed by atoms with van der Waals surface area (Å²) in [4.78, 5) is 13.0. The molecule has 70 valence electrons. The molecule has 0 aliphatic carbocycles. The van der Waals surface area contributed by atoms with Crippen molar-refractivity contribution in [2.45, 2.75) is 0 Å². The lowest BCUT2D eigenvalue weighted by molar-refractivity contribution is 0.0827. The molecule has 0 aliphatic heterocycles. The van der Waals surface area contributed by atoms with E-state index in [0.717, 1.165) is 3.57 Å². The van der Waals surface area contributed by atoms with Crippen molar-refractivity contribution in [3.05, 3.63) is 32.4 Å². The normalized spacial score (nSPS) is 9.85. The Labute approximate surface area is 96.0 Å². The molecule has 0 heterocycles. The quantitative estimate of drug-likeness (QED) is 0.730. The van der Waals surface area contributed by atoms with Gasteiger partial charge >= 0.3 is 0 Å². The van der Waals surface area contributed by atoms with E-state index < -0.39 is 0 Å². The number of hydrogen-bond donors (Lipinski definition) is 0. The third kappa shape index (κ3) is 2.57. The Hall–Kier alpha value is -0.290. The second-order valence-corrected chi connectivity index (χ2v) is 4.40. The van der Waals surface area contributed by atoms with E-state index in [1.807, 2.05) is 6.07 Å². The van der Waals surface area contributed by atoms with Crippen molar-refractivity contribution >= 4 is 40.1 Å². The number of hydrogen-bond acceptors (Lipinski definition) is 1. The molecular weight excluding hydrogens is 300 g/mol. The zero-order valence-corrected chi connectivity index (χ0v) is 10.3. The van der Waals surface area contributed by atoms with Crippen LogP contribution in [0.4, 0.5) is 0 Å². The van der Waals surface area contributed by atoms with Crippen molar-refractivity contribution < 1.29 is 4.79 Å². The average Bonchev–Trinajstić information content (AvgIpc) is 2.08. The van der Waals surface area contributed by atoms with Crippen LogP contribution in [0.15, 0.2) is 18.2 Å². The van der Waals surface area contributed by atoms with Crippen LogP contribution in [0, 0.1) is 3.57 Å². The van der Waals surface area contributed by atoms with Crippen molar-refractivity contribution in [2.24, 2.45) is 0 Å². The zero-order valence-electron chi connectivity index (χ0n) is 7.34. The molecular formula is C9H9ClINO. The van der Waals surface area contributed by atoms with Crippen LogP contribution in [0.5, 0.6) is 0 Å². The first-order valence-electron chi connectivity index (χ1n) is 3.69. The minimum absolute atomic E-state index is 0.0294. The average molecular weight is 310 g/mol. The Morgan fingerprint density at radius 1 is 1.46 bits per heavy atom. The van der Waals surface area contributed by atoms with Crippen LogP contribution in [-0.2, 0) is 0 Å². The molecule has 1 amide bonds. The molecule has 0 aliphatic rings. The molecule has 0 bridgehead atoms. The molecule has 13 heavy (non-hydrogen) atoms. The lowest BCUT2D eigenvalue weighted by Gasteiger charge is -2.10. The number of carbonyl (C=O) groups is 1. The minimum Gasteiger partial charge on any atom is -0.345 e. The molecule has 0 atom stereocenters. The van der Waals surface area contributed by atoms with Crippen LogP contribution < -0.4 is 0 Å². The summed E-state index contributed by atoms with van der Waals surface area (Å²) in [5, 5.41) is 0.619. The predicted octanol–water partition coefficient (Wildman–Crippen LogP) is 2.65. The van der Waals surface area contributed by atoms with E-state index in [1.165, 1.54) is 4.90 Å². The highest BCUT2D eigenvalue weighted by molar-refractivity contribution is 14.1. The Kier molecular flexibility index (Phi) is 3.55. The molecule has 0 saturated carbocycles. The molecule has 0 saturated heterocycles. The van der Waals surface area contributed by atoms with Gasteiger partial charge in [-0.15, -0.1) is 0 Å². The largest absolute Gasteiger partial charge is 0.345 e. The van der Waals surface area contributed by atoms with Gasteiger partial charge in [-0.05, 0) is 40.8 Å². The van der Waals surface area contributed by atoms with Gasteiger partial charge in [0.2, 0.25) is 0 Å². The van der Waals surface area contributed by atoms with Crippen molar-refractivity contribution in [3.63, 3.8) is 0 Å². The summed E-state index contributed by atoms with van der Waals surface area (Å²) in [6, 6.07) is 5.29.